The van der Waals surface area contributed by atoms with Gasteiger partial charge in [0.1, 0.15) is 0 Å². The van der Waals surface area contributed by atoms with Crippen LogP contribution in [0.5, 0.6) is 0 Å². The van der Waals surface area contributed by atoms with E-state index in [0.29, 0.717) is 29.7 Å². The summed E-state index contributed by atoms with van der Waals surface area (Å²) in [6.07, 6.45) is 0.527. The van der Waals surface area contributed by atoms with E-state index in [2.05, 4.69) is 4.74 Å². The highest BCUT2D eigenvalue weighted by atomic mass is 16.5. The molecule has 0 fully saturated rings. The van der Waals surface area contributed by atoms with Crippen LogP contribution in [-0.4, -0.2) is 25.7 Å². The first-order valence-electron chi connectivity index (χ1n) is 5.89. The average Bonchev–Trinajstić information content (AvgIpc) is 2.44. The Morgan fingerprint density at radius 2 is 2.11 bits per heavy atom. The monoisotopic (exact) mass is 261 g/mol. The maximum absolute atomic E-state index is 11.4. The van der Waals surface area contributed by atoms with Crippen LogP contribution in [0.15, 0.2) is 18.2 Å². The Morgan fingerprint density at radius 1 is 1.37 bits per heavy atom. The molecular weight excluding hydrogens is 246 g/mol. The first-order valence-corrected chi connectivity index (χ1v) is 5.89. The molecule has 0 aromatic heterocycles. The van der Waals surface area contributed by atoms with Crippen LogP contribution in [-0.2, 0) is 20.7 Å². The quantitative estimate of drug-likeness (QED) is 0.756. The molecule has 0 aliphatic heterocycles. The lowest BCUT2D eigenvalue weighted by Crippen LogP contribution is -2.07. The fourth-order valence-electron chi connectivity index (χ4n) is 1.62. The topological polar surface area (TPSA) is 76.4 Å². The van der Waals surface area contributed by atoms with E-state index in [-0.39, 0.29) is 12.4 Å². The lowest BCUT2D eigenvalue weighted by Gasteiger charge is -2.06. The first kappa shape index (κ1) is 14.7. The van der Waals surface area contributed by atoms with E-state index in [1.807, 2.05) is 6.07 Å². The molecule has 0 spiro atoms. The molecule has 0 aliphatic rings. The standard InChI is InChI=1S/C14H15NO4/c1-3-19-13(16)7-6-10-8-11(14(17)18-2)4-5-12(10)9-15/h4-5,8H,3,6-7H2,1-2H3. The molecule has 0 N–H and O–H groups in total. The van der Waals surface area contributed by atoms with Crippen LogP contribution >= 0.6 is 0 Å². The highest BCUT2D eigenvalue weighted by Gasteiger charge is 2.11. The number of methoxy groups -OCH3 is 1. The van der Waals surface area contributed by atoms with Gasteiger partial charge >= 0.3 is 11.9 Å². The van der Waals surface area contributed by atoms with Crippen LogP contribution in [0.2, 0.25) is 0 Å². The Balaban J connectivity index is 2.88. The molecule has 0 bridgehead atoms. The molecule has 0 saturated heterocycles. The van der Waals surface area contributed by atoms with Crippen molar-refractivity contribution in [3.8, 4) is 6.07 Å². The van der Waals surface area contributed by atoms with E-state index < -0.39 is 5.97 Å². The van der Waals surface area contributed by atoms with Crippen molar-refractivity contribution in [1.29, 1.82) is 5.26 Å². The number of aryl methyl sites for hydroxylation is 1. The maximum atomic E-state index is 11.4. The molecule has 5 nitrogen and oxygen atoms in total. The molecule has 1 aromatic rings. The fourth-order valence-corrected chi connectivity index (χ4v) is 1.62. The lowest BCUT2D eigenvalue weighted by molar-refractivity contribution is -0.143. The maximum Gasteiger partial charge on any atom is 0.337 e. The molecule has 0 amide bonds. The van der Waals surface area contributed by atoms with Crippen LogP contribution in [0.25, 0.3) is 0 Å². The third-order valence-electron chi connectivity index (χ3n) is 2.55. The van der Waals surface area contributed by atoms with Gasteiger partial charge in [0.05, 0.1) is 30.9 Å². The molecule has 100 valence electrons. The second-order valence-electron chi connectivity index (χ2n) is 3.78. The summed E-state index contributed by atoms with van der Waals surface area (Å²) in [5.41, 5.74) is 1.44. The molecule has 0 aliphatic carbocycles. The lowest BCUT2D eigenvalue weighted by atomic mass is 10.0. The van der Waals surface area contributed by atoms with Crippen molar-refractivity contribution in [3.63, 3.8) is 0 Å². The van der Waals surface area contributed by atoms with Gasteiger partial charge in [0.15, 0.2) is 0 Å². The largest absolute Gasteiger partial charge is 0.466 e. The van der Waals surface area contributed by atoms with Gasteiger partial charge in [-0.2, -0.15) is 5.26 Å². The van der Waals surface area contributed by atoms with Gasteiger partial charge in [0.25, 0.3) is 0 Å². The Kier molecular flexibility index (Phi) is 5.55. The summed E-state index contributed by atoms with van der Waals surface area (Å²) >= 11 is 0. The number of esters is 2. The molecule has 1 rings (SSSR count). The minimum Gasteiger partial charge on any atom is -0.466 e. The summed E-state index contributed by atoms with van der Waals surface area (Å²) in [6, 6.07) is 6.68. The minimum absolute atomic E-state index is 0.174. The Hall–Kier alpha value is -2.35. The van der Waals surface area contributed by atoms with Crippen molar-refractivity contribution in [2.75, 3.05) is 13.7 Å². The number of hydrogen-bond acceptors (Lipinski definition) is 5. The molecule has 0 heterocycles. The predicted octanol–water partition coefficient (Wildman–Crippen LogP) is 1.84. The number of nitriles is 1. The zero-order chi connectivity index (χ0) is 14.3. The fraction of sp³-hybridized carbons (Fsp3) is 0.357. The molecule has 0 atom stereocenters. The Morgan fingerprint density at radius 3 is 2.68 bits per heavy atom. The van der Waals surface area contributed by atoms with E-state index in [0.717, 1.165) is 0 Å². The highest BCUT2D eigenvalue weighted by molar-refractivity contribution is 5.89. The molecule has 0 saturated carbocycles. The number of nitrogens with zero attached hydrogens (tertiary/aromatic N) is 1. The Labute approximate surface area is 111 Å². The molecule has 0 unspecified atom stereocenters. The van der Waals surface area contributed by atoms with Gasteiger partial charge in [-0.1, -0.05) is 0 Å². The summed E-state index contributed by atoms with van der Waals surface area (Å²) in [5.74, 6) is -0.795. The van der Waals surface area contributed by atoms with Crippen LogP contribution < -0.4 is 0 Å². The zero-order valence-corrected chi connectivity index (χ0v) is 10.9. The molecule has 5 heteroatoms. The van der Waals surface area contributed by atoms with Gasteiger partial charge in [-0.3, -0.25) is 4.79 Å². The Bertz CT molecular complexity index is 517. The summed E-state index contributed by atoms with van der Waals surface area (Å²) in [4.78, 5) is 22.7. The van der Waals surface area contributed by atoms with Gasteiger partial charge < -0.3 is 9.47 Å². The summed E-state index contributed by atoms with van der Waals surface area (Å²) in [6.45, 7) is 2.06. The SMILES string of the molecule is CCOC(=O)CCc1cc(C(=O)OC)ccc1C#N. The second-order valence-corrected chi connectivity index (χ2v) is 3.78. The van der Waals surface area contributed by atoms with Crippen LogP contribution in [0, 0.1) is 11.3 Å². The highest BCUT2D eigenvalue weighted by Crippen LogP contribution is 2.14. The minimum atomic E-state index is -0.470. The van der Waals surface area contributed by atoms with Crippen LogP contribution in [0.1, 0.15) is 34.8 Å². The normalized spacial score (nSPS) is 9.53. The van der Waals surface area contributed by atoms with Crippen molar-refractivity contribution in [2.24, 2.45) is 0 Å². The summed E-state index contributed by atoms with van der Waals surface area (Å²) < 4.78 is 9.44. The van der Waals surface area contributed by atoms with Gasteiger partial charge in [0.2, 0.25) is 0 Å². The molecule has 0 radical (unpaired) electrons. The zero-order valence-electron chi connectivity index (χ0n) is 10.9. The number of ether oxygens (including phenoxy) is 2. The van der Waals surface area contributed by atoms with Crippen molar-refractivity contribution in [2.45, 2.75) is 19.8 Å². The second kappa shape index (κ2) is 7.17. The average molecular weight is 261 g/mol. The number of benzene rings is 1. The van der Waals surface area contributed by atoms with Gasteiger partial charge in [0, 0.05) is 6.42 Å². The number of rotatable bonds is 5. The van der Waals surface area contributed by atoms with Crippen molar-refractivity contribution >= 4 is 11.9 Å². The van der Waals surface area contributed by atoms with Crippen molar-refractivity contribution in [3.05, 3.63) is 34.9 Å². The molecular formula is C14H15NO4. The van der Waals surface area contributed by atoms with Gasteiger partial charge in [-0.25, -0.2) is 4.79 Å². The van der Waals surface area contributed by atoms with Crippen LogP contribution in [0.3, 0.4) is 0 Å². The molecule has 19 heavy (non-hydrogen) atoms. The third-order valence-corrected chi connectivity index (χ3v) is 2.55. The van der Waals surface area contributed by atoms with Crippen molar-refractivity contribution < 1.29 is 19.1 Å². The summed E-state index contributed by atoms with van der Waals surface area (Å²) in [5, 5.41) is 8.99. The molecule has 1 aromatic carbocycles. The predicted molar refractivity (Wildman–Crippen MR) is 67.5 cm³/mol. The number of carbonyl (C=O) groups excluding carboxylic acids is 2. The number of carbonyl (C=O) groups is 2. The van der Waals surface area contributed by atoms with E-state index in [4.69, 9.17) is 10.00 Å². The van der Waals surface area contributed by atoms with E-state index >= 15 is 0 Å². The van der Waals surface area contributed by atoms with E-state index in [9.17, 15) is 9.59 Å². The van der Waals surface area contributed by atoms with Gasteiger partial charge in [-0.15, -0.1) is 0 Å². The number of hydrogen-bond donors (Lipinski definition) is 0. The van der Waals surface area contributed by atoms with E-state index in [1.54, 1.807) is 19.1 Å². The smallest absolute Gasteiger partial charge is 0.337 e. The van der Waals surface area contributed by atoms with E-state index in [1.165, 1.54) is 13.2 Å². The third kappa shape index (κ3) is 4.11. The van der Waals surface area contributed by atoms with Gasteiger partial charge in [-0.05, 0) is 37.1 Å². The summed E-state index contributed by atoms with van der Waals surface area (Å²) in [7, 11) is 1.29. The van der Waals surface area contributed by atoms with Crippen LogP contribution in [0.4, 0.5) is 0 Å². The van der Waals surface area contributed by atoms with Crippen molar-refractivity contribution in [1.82, 2.24) is 0 Å². The first-order chi connectivity index (χ1) is 9.12.